The van der Waals surface area contributed by atoms with Crippen molar-refractivity contribution in [2.45, 2.75) is 4.90 Å². The lowest BCUT2D eigenvalue weighted by Gasteiger charge is -2.10. The number of halogens is 1. The summed E-state index contributed by atoms with van der Waals surface area (Å²) in [5.74, 6) is -0.479. The van der Waals surface area contributed by atoms with E-state index >= 15 is 0 Å². The third-order valence-electron chi connectivity index (χ3n) is 4.77. The number of amides is 1. The van der Waals surface area contributed by atoms with E-state index in [-0.39, 0.29) is 16.1 Å². The quantitative estimate of drug-likeness (QED) is 0.262. The lowest BCUT2D eigenvalue weighted by atomic mass is 10.0. The highest BCUT2D eigenvalue weighted by molar-refractivity contribution is 9.10. The molecule has 0 unspecified atom stereocenters. The number of sulfonamides is 1. The van der Waals surface area contributed by atoms with Crippen molar-refractivity contribution in [3.63, 3.8) is 0 Å². The number of nitrogens with zero attached hydrogens (tertiary/aromatic N) is 2. The molecule has 7 nitrogen and oxygen atoms in total. The Morgan fingerprint density at radius 3 is 2.15 bits per heavy atom. The van der Waals surface area contributed by atoms with Crippen LogP contribution in [0.2, 0.25) is 0 Å². The molecular weight excluding hydrogens is 516 g/mol. The first kappa shape index (κ1) is 23.3. The van der Waals surface area contributed by atoms with Gasteiger partial charge in [0.2, 0.25) is 0 Å². The van der Waals surface area contributed by atoms with Gasteiger partial charge in [-0.05, 0) is 54.6 Å². The molecule has 0 fully saturated rings. The second kappa shape index (κ2) is 10.4. The van der Waals surface area contributed by atoms with Crippen molar-refractivity contribution >= 4 is 43.3 Å². The van der Waals surface area contributed by atoms with Gasteiger partial charge < -0.3 is 0 Å². The lowest BCUT2D eigenvalue weighted by Crippen LogP contribution is -2.21. The van der Waals surface area contributed by atoms with Crippen molar-refractivity contribution < 1.29 is 13.2 Å². The number of nitrogens with one attached hydrogen (secondary N) is 2. The number of carbonyl (C=O) groups excluding carboxylic acids is 1. The highest BCUT2D eigenvalue weighted by Gasteiger charge is 2.15. The number of hydrogen-bond donors (Lipinski definition) is 2. The highest BCUT2D eigenvalue weighted by atomic mass is 79.9. The molecular formula is C25H19BrN4O3S. The van der Waals surface area contributed by atoms with E-state index in [1.165, 1.54) is 18.2 Å². The molecule has 0 aliphatic carbocycles. The second-order valence-corrected chi connectivity index (χ2v) is 9.74. The van der Waals surface area contributed by atoms with E-state index in [9.17, 15) is 13.2 Å². The number of benzene rings is 3. The molecule has 170 valence electrons. The standard InChI is InChI=1S/C25H19BrN4O3S/c26-21-9-11-23(12-10-21)34(32,33)30-22-8-4-7-20(17-22)25(31)29-28-24(18-5-2-1-3-6-18)19-13-15-27-16-14-19/h1-17,30H,(H,29,31)/b28-24+. The molecule has 0 spiro atoms. The van der Waals surface area contributed by atoms with Gasteiger partial charge in [-0.3, -0.25) is 14.5 Å². The molecule has 0 saturated carbocycles. The molecule has 0 bridgehead atoms. The molecule has 1 heterocycles. The van der Waals surface area contributed by atoms with Crippen LogP contribution in [-0.4, -0.2) is 25.0 Å². The Bertz CT molecular complexity index is 1380. The number of anilines is 1. The Morgan fingerprint density at radius 2 is 1.44 bits per heavy atom. The molecule has 0 aliphatic rings. The highest BCUT2D eigenvalue weighted by Crippen LogP contribution is 2.19. The molecule has 4 aromatic rings. The SMILES string of the molecule is O=C(N/N=C(\c1ccccc1)c1ccncc1)c1cccc(NS(=O)(=O)c2ccc(Br)cc2)c1. The lowest BCUT2D eigenvalue weighted by molar-refractivity contribution is 0.0955. The molecule has 1 aromatic heterocycles. The van der Waals surface area contributed by atoms with Gasteiger partial charge in [-0.15, -0.1) is 0 Å². The third-order valence-corrected chi connectivity index (χ3v) is 6.70. The van der Waals surface area contributed by atoms with Gasteiger partial charge in [-0.1, -0.05) is 52.3 Å². The summed E-state index contributed by atoms with van der Waals surface area (Å²) in [7, 11) is -3.81. The van der Waals surface area contributed by atoms with Crippen LogP contribution >= 0.6 is 15.9 Å². The Kier molecular flexibility index (Phi) is 7.15. The van der Waals surface area contributed by atoms with Gasteiger partial charge in [0.25, 0.3) is 15.9 Å². The molecule has 0 saturated heterocycles. The van der Waals surface area contributed by atoms with E-state index in [0.717, 1.165) is 15.6 Å². The van der Waals surface area contributed by atoms with Gasteiger partial charge in [-0.25, -0.2) is 13.8 Å². The average Bonchev–Trinajstić information content (AvgIpc) is 2.85. The maximum atomic E-state index is 12.8. The van der Waals surface area contributed by atoms with Gasteiger partial charge >= 0.3 is 0 Å². The van der Waals surface area contributed by atoms with Crippen LogP contribution in [0.5, 0.6) is 0 Å². The van der Waals surface area contributed by atoms with Gasteiger partial charge in [0.15, 0.2) is 0 Å². The summed E-state index contributed by atoms with van der Waals surface area (Å²) in [4.78, 5) is 17.0. The summed E-state index contributed by atoms with van der Waals surface area (Å²) in [6.07, 6.45) is 3.30. The van der Waals surface area contributed by atoms with Gasteiger partial charge in [-0.2, -0.15) is 5.10 Å². The molecule has 0 aliphatic heterocycles. The zero-order valence-electron chi connectivity index (χ0n) is 17.7. The monoisotopic (exact) mass is 534 g/mol. The van der Waals surface area contributed by atoms with Crippen LogP contribution in [0.25, 0.3) is 0 Å². The van der Waals surface area contributed by atoms with Crippen LogP contribution in [0.3, 0.4) is 0 Å². The van der Waals surface area contributed by atoms with Crippen molar-refractivity contribution in [1.29, 1.82) is 0 Å². The Morgan fingerprint density at radius 1 is 0.794 bits per heavy atom. The zero-order valence-corrected chi connectivity index (χ0v) is 20.1. The first-order valence-corrected chi connectivity index (χ1v) is 12.4. The first-order valence-electron chi connectivity index (χ1n) is 10.1. The summed E-state index contributed by atoms with van der Waals surface area (Å²) < 4.78 is 28.6. The molecule has 2 N–H and O–H groups in total. The van der Waals surface area contributed by atoms with E-state index in [1.807, 2.05) is 30.3 Å². The molecule has 0 atom stereocenters. The summed E-state index contributed by atoms with van der Waals surface area (Å²) in [6, 6.07) is 25.5. The van der Waals surface area contributed by atoms with Crippen LogP contribution in [0.4, 0.5) is 5.69 Å². The molecule has 9 heteroatoms. The minimum atomic E-state index is -3.81. The predicted octanol–water partition coefficient (Wildman–Crippen LogP) is 4.83. The van der Waals surface area contributed by atoms with Crippen molar-refractivity contribution in [2.75, 3.05) is 4.72 Å². The van der Waals surface area contributed by atoms with E-state index in [1.54, 1.807) is 54.9 Å². The van der Waals surface area contributed by atoms with Crippen molar-refractivity contribution in [1.82, 2.24) is 10.4 Å². The van der Waals surface area contributed by atoms with E-state index in [0.29, 0.717) is 5.71 Å². The van der Waals surface area contributed by atoms with Crippen LogP contribution in [0.15, 0.2) is 118 Å². The molecule has 1 amide bonds. The maximum Gasteiger partial charge on any atom is 0.271 e. The average molecular weight is 535 g/mol. The van der Waals surface area contributed by atoms with Crippen LogP contribution in [-0.2, 0) is 10.0 Å². The van der Waals surface area contributed by atoms with Crippen molar-refractivity contribution in [2.24, 2.45) is 5.10 Å². The number of carbonyl (C=O) groups is 1. The van der Waals surface area contributed by atoms with Crippen LogP contribution < -0.4 is 10.1 Å². The van der Waals surface area contributed by atoms with Crippen molar-refractivity contribution in [3.05, 3.63) is 125 Å². The Hall–Kier alpha value is -3.82. The van der Waals surface area contributed by atoms with Gasteiger partial charge in [0.1, 0.15) is 0 Å². The minimum Gasteiger partial charge on any atom is -0.280 e. The first-order chi connectivity index (χ1) is 16.4. The number of pyridine rings is 1. The number of rotatable bonds is 7. The van der Waals surface area contributed by atoms with Gasteiger partial charge in [0, 0.05) is 39.2 Å². The summed E-state index contributed by atoms with van der Waals surface area (Å²) in [5.41, 5.74) is 5.27. The largest absolute Gasteiger partial charge is 0.280 e. The fourth-order valence-corrected chi connectivity index (χ4v) is 4.44. The minimum absolute atomic E-state index is 0.111. The zero-order chi connectivity index (χ0) is 24.0. The Labute approximate surface area is 205 Å². The topological polar surface area (TPSA) is 101 Å². The molecule has 34 heavy (non-hydrogen) atoms. The molecule has 4 rings (SSSR count). The smallest absolute Gasteiger partial charge is 0.271 e. The van der Waals surface area contributed by atoms with Crippen LogP contribution in [0, 0.1) is 0 Å². The van der Waals surface area contributed by atoms with E-state index in [4.69, 9.17) is 0 Å². The molecule has 3 aromatic carbocycles. The summed E-state index contributed by atoms with van der Waals surface area (Å²) >= 11 is 3.29. The molecule has 0 radical (unpaired) electrons. The fraction of sp³-hybridized carbons (Fsp3) is 0. The summed E-state index contributed by atoms with van der Waals surface area (Å²) in [5, 5.41) is 4.35. The predicted molar refractivity (Wildman–Crippen MR) is 135 cm³/mol. The third kappa shape index (κ3) is 5.75. The van der Waals surface area contributed by atoms with Crippen molar-refractivity contribution in [3.8, 4) is 0 Å². The van der Waals surface area contributed by atoms with Crippen LogP contribution in [0.1, 0.15) is 21.5 Å². The van der Waals surface area contributed by atoms with Gasteiger partial charge in [0.05, 0.1) is 10.6 Å². The fourth-order valence-electron chi connectivity index (χ4n) is 3.12. The number of hydrogen-bond acceptors (Lipinski definition) is 5. The normalized spacial score (nSPS) is 11.6. The van der Waals surface area contributed by atoms with E-state index in [2.05, 4.69) is 36.2 Å². The maximum absolute atomic E-state index is 12.8. The number of hydrazone groups is 1. The second-order valence-electron chi connectivity index (χ2n) is 7.14. The summed E-state index contributed by atoms with van der Waals surface area (Å²) in [6.45, 7) is 0. The number of aromatic nitrogens is 1. The Balaban J connectivity index is 1.56. The van der Waals surface area contributed by atoms with E-state index < -0.39 is 15.9 Å².